The first-order chi connectivity index (χ1) is 8.41. The molecule has 0 aliphatic rings. The predicted molar refractivity (Wildman–Crippen MR) is 65.8 cm³/mol. The standard InChI is InChI=1S/C12H14N2O3S/c1-10(2)12(15)14(9-8-13)18(16,17)11-6-4-3-5-7-11/h3-7,10H,9H2,1-2H3. The zero-order valence-electron chi connectivity index (χ0n) is 10.2. The highest BCUT2D eigenvalue weighted by Crippen LogP contribution is 2.17. The number of nitrogens with zero attached hydrogens (tertiary/aromatic N) is 2. The molecule has 0 saturated carbocycles. The lowest BCUT2D eigenvalue weighted by atomic mass is 10.2. The van der Waals surface area contributed by atoms with E-state index in [4.69, 9.17) is 5.26 Å². The molecule has 0 radical (unpaired) electrons. The van der Waals surface area contributed by atoms with Gasteiger partial charge in [0.15, 0.2) is 0 Å². The van der Waals surface area contributed by atoms with Crippen molar-refractivity contribution in [3.05, 3.63) is 30.3 Å². The second-order valence-corrected chi connectivity index (χ2v) is 5.84. The molecule has 96 valence electrons. The molecule has 0 fully saturated rings. The molecule has 1 amide bonds. The minimum atomic E-state index is -3.95. The Morgan fingerprint density at radius 3 is 2.33 bits per heavy atom. The monoisotopic (exact) mass is 266 g/mol. The van der Waals surface area contributed by atoms with Gasteiger partial charge < -0.3 is 0 Å². The highest BCUT2D eigenvalue weighted by atomic mass is 32.2. The largest absolute Gasteiger partial charge is 0.273 e. The van der Waals surface area contributed by atoms with Crippen molar-refractivity contribution in [3.63, 3.8) is 0 Å². The van der Waals surface area contributed by atoms with Crippen molar-refractivity contribution in [1.82, 2.24) is 4.31 Å². The first-order valence-corrected chi connectivity index (χ1v) is 6.84. The van der Waals surface area contributed by atoms with E-state index in [9.17, 15) is 13.2 Å². The Labute approximate surface area is 107 Å². The molecule has 0 bridgehead atoms. The number of carbonyl (C=O) groups is 1. The molecule has 18 heavy (non-hydrogen) atoms. The van der Waals surface area contributed by atoms with E-state index in [1.807, 2.05) is 0 Å². The summed E-state index contributed by atoms with van der Waals surface area (Å²) >= 11 is 0. The predicted octanol–water partition coefficient (Wildman–Crippen LogP) is 1.38. The Kier molecular flexibility index (Phi) is 4.45. The maximum atomic E-state index is 12.2. The minimum Gasteiger partial charge on any atom is -0.273 e. The number of carbonyl (C=O) groups excluding carboxylic acids is 1. The van der Waals surface area contributed by atoms with E-state index >= 15 is 0 Å². The van der Waals surface area contributed by atoms with Gasteiger partial charge in [0.05, 0.1) is 11.0 Å². The van der Waals surface area contributed by atoms with Gasteiger partial charge in [0.2, 0.25) is 5.91 Å². The van der Waals surface area contributed by atoms with Crippen molar-refractivity contribution < 1.29 is 13.2 Å². The first-order valence-electron chi connectivity index (χ1n) is 5.40. The Balaban J connectivity index is 3.22. The van der Waals surface area contributed by atoms with Gasteiger partial charge in [-0.1, -0.05) is 32.0 Å². The molecule has 1 aromatic carbocycles. The number of rotatable bonds is 4. The summed E-state index contributed by atoms with van der Waals surface area (Å²) in [5, 5.41) is 8.67. The van der Waals surface area contributed by atoms with Crippen molar-refractivity contribution in [2.24, 2.45) is 5.92 Å². The van der Waals surface area contributed by atoms with Crippen LogP contribution in [0.2, 0.25) is 0 Å². The first kappa shape index (κ1) is 14.2. The Morgan fingerprint density at radius 2 is 1.89 bits per heavy atom. The maximum absolute atomic E-state index is 12.2. The van der Waals surface area contributed by atoms with Crippen LogP contribution in [0.3, 0.4) is 0 Å². The molecular weight excluding hydrogens is 252 g/mol. The quantitative estimate of drug-likeness (QED) is 0.771. The van der Waals surface area contributed by atoms with Crippen molar-refractivity contribution in [3.8, 4) is 6.07 Å². The molecule has 6 heteroatoms. The van der Waals surface area contributed by atoms with E-state index in [-0.39, 0.29) is 4.90 Å². The van der Waals surface area contributed by atoms with Gasteiger partial charge in [0.1, 0.15) is 6.54 Å². The second kappa shape index (κ2) is 5.65. The molecule has 1 rings (SSSR count). The van der Waals surface area contributed by atoms with Gasteiger partial charge >= 0.3 is 0 Å². The summed E-state index contributed by atoms with van der Waals surface area (Å²) in [5.41, 5.74) is 0. The third-order valence-electron chi connectivity index (χ3n) is 2.29. The highest BCUT2D eigenvalue weighted by Gasteiger charge is 2.30. The average molecular weight is 266 g/mol. The smallest absolute Gasteiger partial charge is 0.267 e. The van der Waals surface area contributed by atoms with E-state index in [1.165, 1.54) is 12.1 Å². The van der Waals surface area contributed by atoms with Crippen LogP contribution >= 0.6 is 0 Å². The van der Waals surface area contributed by atoms with Crippen LogP contribution in [0.15, 0.2) is 35.2 Å². The molecule has 0 heterocycles. The van der Waals surface area contributed by atoms with Crippen LogP contribution in [-0.2, 0) is 14.8 Å². The van der Waals surface area contributed by atoms with Crippen molar-refractivity contribution >= 4 is 15.9 Å². The van der Waals surface area contributed by atoms with Crippen LogP contribution in [0.1, 0.15) is 13.8 Å². The number of sulfonamides is 1. The Morgan fingerprint density at radius 1 is 1.33 bits per heavy atom. The summed E-state index contributed by atoms with van der Waals surface area (Å²) in [6.45, 7) is 2.70. The lowest BCUT2D eigenvalue weighted by molar-refractivity contribution is -0.129. The second-order valence-electron chi connectivity index (χ2n) is 3.98. The molecule has 0 atom stereocenters. The molecule has 5 nitrogen and oxygen atoms in total. The van der Waals surface area contributed by atoms with Gasteiger partial charge in [-0.3, -0.25) is 4.79 Å². The fraction of sp³-hybridized carbons (Fsp3) is 0.333. The number of hydrogen-bond acceptors (Lipinski definition) is 4. The van der Waals surface area contributed by atoms with E-state index in [2.05, 4.69) is 0 Å². The molecular formula is C12H14N2O3S. The van der Waals surface area contributed by atoms with Gasteiger partial charge in [-0.25, -0.2) is 12.7 Å². The number of nitriles is 1. The van der Waals surface area contributed by atoms with Crippen LogP contribution in [0.5, 0.6) is 0 Å². The maximum Gasteiger partial charge on any atom is 0.267 e. The van der Waals surface area contributed by atoms with Crippen LogP contribution in [0.4, 0.5) is 0 Å². The fourth-order valence-corrected chi connectivity index (χ4v) is 2.78. The Bertz CT molecular complexity index is 559. The molecule has 0 spiro atoms. The SMILES string of the molecule is CC(C)C(=O)N(CC#N)S(=O)(=O)c1ccccc1. The van der Waals surface area contributed by atoms with Crippen LogP contribution in [0, 0.1) is 17.2 Å². The van der Waals surface area contributed by atoms with Crippen LogP contribution in [0.25, 0.3) is 0 Å². The van der Waals surface area contributed by atoms with Gasteiger partial charge in [-0.05, 0) is 12.1 Å². The molecule has 0 unspecified atom stereocenters. The summed E-state index contributed by atoms with van der Waals surface area (Å²) in [6, 6.07) is 9.31. The summed E-state index contributed by atoms with van der Waals surface area (Å²) < 4.78 is 25.1. The zero-order valence-corrected chi connectivity index (χ0v) is 11.0. The third-order valence-corrected chi connectivity index (χ3v) is 4.04. The van der Waals surface area contributed by atoms with E-state index in [0.29, 0.717) is 4.31 Å². The minimum absolute atomic E-state index is 0.00856. The van der Waals surface area contributed by atoms with Crippen molar-refractivity contribution in [2.45, 2.75) is 18.7 Å². The van der Waals surface area contributed by atoms with Crippen molar-refractivity contribution in [2.75, 3.05) is 6.54 Å². The number of amides is 1. The van der Waals surface area contributed by atoms with Crippen LogP contribution < -0.4 is 0 Å². The van der Waals surface area contributed by atoms with E-state index in [1.54, 1.807) is 38.1 Å². The third kappa shape index (κ3) is 2.87. The lowest BCUT2D eigenvalue weighted by Crippen LogP contribution is -2.39. The van der Waals surface area contributed by atoms with Gasteiger partial charge in [0.25, 0.3) is 10.0 Å². The number of hydrogen-bond donors (Lipinski definition) is 0. The van der Waals surface area contributed by atoms with E-state index in [0.717, 1.165) is 0 Å². The fourth-order valence-electron chi connectivity index (χ4n) is 1.35. The summed E-state index contributed by atoms with van der Waals surface area (Å²) in [5.74, 6) is -1.07. The number of benzene rings is 1. The lowest BCUT2D eigenvalue weighted by Gasteiger charge is -2.21. The van der Waals surface area contributed by atoms with E-state index < -0.39 is 28.4 Å². The van der Waals surface area contributed by atoms with Gasteiger partial charge in [0, 0.05) is 5.92 Å². The molecule has 0 aliphatic carbocycles. The van der Waals surface area contributed by atoms with Crippen LogP contribution in [-0.4, -0.2) is 25.2 Å². The molecule has 0 aliphatic heterocycles. The zero-order chi connectivity index (χ0) is 13.8. The summed E-state index contributed by atoms with van der Waals surface area (Å²) in [6.07, 6.45) is 0. The molecule has 1 aromatic rings. The van der Waals surface area contributed by atoms with Gasteiger partial charge in [-0.2, -0.15) is 5.26 Å². The van der Waals surface area contributed by atoms with Gasteiger partial charge in [-0.15, -0.1) is 0 Å². The molecule has 0 saturated heterocycles. The summed E-state index contributed by atoms with van der Waals surface area (Å²) in [7, 11) is -3.95. The molecule has 0 N–H and O–H groups in total. The Hall–Kier alpha value is -1.87. The summed E-state index contributed by atoms with van der Waals surface area (Å²) in [4.78, 5) is 11.9. The normalized spacial score (nSPS) is 11.0. The molecule has 0 aromatic heterocycles. The highest BCUT2D eigenvalue weighted by molar-refractivity contribution is 7.89. The van der Waals surface area contributed by atoms with Crippen molar-refractivity contribution in [1.29, 1.82) is 5.26 Å². The topological polar surface area (TPSA) is 78.2 Å². The average Bonchev–Trinajstić information content (AvgIpc) is 2.36.